The second-order valence-corrected chi connectivity index (χ2v) is 7.19. The fraction of sp³-hybridized carbons (Fsp3) is 0.222. The van der Waals surface area contributed by atoms with Crippen LogP contribution in [0, 0.1) is 5.82 Å². The van der Waals surface area contributed by atoms with Gasteiger partial charge in [-0.15, -0.1) is 0 Å². The highest BCUT2D eigenvalue weighted by Crippen LogP contribution is 2.24. The van der Waals surface area contributed by atoms with Crippen molar-refractivity contribution < 1.29 is 19.1 Å². The monoisotopic (exact) mass is 440 g/mol. The SMILES string of the molecule is O=C(c1cc(Br)ccc1O)N1CCN(C(=O)c2ccc(F)cc2Cl)CC1. The molecule has 0 aromatic heterocycles. The minimum Gasteiger partial charge on any atom is -0.507 e. The molecule has 1 aliphatic rings. The Morgan fingerprint density at radius 2 is 1.54 bits per heavy atom. The van der Waals surface area contributed by atoms with Gasteiger partial charge in [0.25, 0.3) is 11.8 Å². The molecular weight excluding hydrogens is 427 g/mol. The van der Waals surface area contributed by atoms with E-state index in [0.717, 1.165) is 6.07 Å². The number of hydrogen-bond acceptors (Lipinski definition) is 3. The maximum Gasteiger partial charge on any atom is 0.257 e. The summed E-state index contributed by atoms with van der Waals surface area (Å²) in [5, 5.41) is 9.96. The molecule has 1 heterocycles. The number of carbonyl (C=O) groups is 2. The zero-order valence-corrected chi connectivity index (χ0v) is 15.9. The lowest BCUT2D eigenvalue weighted by atomic mass is 10.1. The largest absolute Gasteiger partial charge is 0.507 e. The molecule has 1 saturated heterocycles. The Kier molecular flexibility index (Phi) is 5.48. The van der Waals surface area contributed by atoms with Gasteiger partial charge in [-0.25, -0.2) is 4.39 Å². The second-order valence-electron chi connectivity index (χ2n) is 5.87. The Labute approximate surface area is 163 Å². The van der Waals surface area contributed by atoms with Gasteiger partial charge in [-0.2, -0.15) is 0 Å². The van der Waals surface area contributed by atoms with Gasteiger partial charge in [-0.1, -0.05) is 27.5 Å². The molecule has 0 spiro atoms. The average molecular weight is 442 g/mol. The Bertz CT molecular complexity index is 870. The lowest BCUT2D eigenvalue weighted by Crippen LogP contribution is -2.50. The predicted molar refractivity (Wildman–Crippen MR) is 99.0 cm³/mol. The van der Waals surface area contributed by atoms with Crippen LogP contribution in [0.4, 0.5) is 4.39 Å². The highest BCUT2D eigenvalue weighted by Gasteiger charge is 2.27. The number of rotatable bonds is 2. The Morgan fingerprint density at radius 3 is 2.12 bits per heavy atom. The minimum atomic E-state index is -0.504. The van der Waals surface area contributed by atoms with Crippen molar-refractivity contribution in [2.45, 2.75) is 0 Å². The van der Waals surface area contributed by atoms with Crippen LogP contribution >= 0.6 is 27.5 Å². The number of halogens is 3. The Hall–Kier alpha value is -2.12. The highest BCUT2D eigenvalue weighted by atomic mass is 79.9. The maximum atomic E-state index is 13.1. The molecule has 2 aromatic carbocycles. The first-order valence-electron chi connectivity index (χ1n) is 7.89. The average Bonchev–Trinajstić information content (AvgIpc) is 2.63. The molecule has 1 fully saturated rings. The molecule has 0 aliphatic carbocycles. The molecule has 1 N–H and O–H groups in total. The topological polar surface area (TPSA) is 60.9 Å². The van der Waals surface area contributed by atoms with Crippen LogP contribution in [0.2, 0.25) is 5.02 Å². The molecule has 2 aromatic rings. The standard InChI is InChI=1S/C18H15BrClFN2O3/c19-11-1-4-16(24)14(9-11)18(26)23-7-5-22(6-8-23)17(25)13-3-2-12(21)10-15(13)20/h1-4,9-10,24H,5-8H2. The summed E-state index contributed by atoms with van der Waals surface area (Å²) in [7, 11) is 0. The molecule has 3 rings (SSSR count). The number of benzene rings is 2. The van der Waals surface area contributed by atoms with Crippen molar-refractivity contribution in [2.75, 3.05) is 26.2 Å². The fourth-order valence-electron chi connectivity index (χ4n) is 2.80. The van der Waals surface area contributed by atoms with E-state index < -0.39 is 5.82 Å². The summed E-state index contributed by atoms with van der Waals surface area (Å²) in [6, 6.07) is 8.31. The second kappa shape index (κ2) is 7.63. The summed E-state index contributed by atoms with van der Waals surface area (Å²) >= 11 is 9.23. The van der Waals surface area contributed by atoms with E-state index in [4.69, 9.17) is 11.6 Å². The Balaban J connectivity index is 1.68. The normalized spacial score (nSPS) is 14.4. The molecule has 5 nitrogen and oxygen atoms in total. The molecule has 0 unspecified atom stereocenters. The third kappa shape index (κ3) is 3.83. The van der Waals surface area contributed by atoms with Gasteiger partial charge in [-0.3, -0.25) is 9.59 Å². The first kappa shape index (κ1) is 18.7. The number of piperazine rings is 1. The smallest absolute Gasteiger partial charge is 0.257 e. The number of amides is 2. The molecular formula is C18H15BrClFN2O3. The molecule has 0 radical (unpaired) electrons. The van der Waals surface area contributed by atoms with Gasteiger partial charge in [0.1, 0.15) is 11.6 Å². The first-order valence-corrected chi connectivity index (χ1v) is 9.06. The van der Waals surface area contributed by atoms with E-state index in [0.29, 0.717) is 30.7 Å². The maximum absolute atomic E-state index is 13.1. The molecule has 26 heavy (non-hydrogen) atoms. The van der Waals surface area contributed by atoms with E-state index in [1.54, 1.807) is 21.9 Å². The van der Waals surface area contributed by atoms with Crippen LogP contribution in [-0.2, 0) is 0 Å². The minimum absolute atomic E-state index is 0.0626. The van der Waals surface area contributed by atoms with Crippen LogP contribution in [0.5, 0.6) is 5.75 Å². The van der Waals surface area contributed by atoms with Gasteiger partial charge in [-0.05, 0) is 36.4 Å². The zero-order valence-electron chi connectivity index (χ0n) is 13.6. The molecule has 0 atom stereocenters. The number of nitrogens with zero attached hydrogens (tertiary/aromatic N) is 2. The molecule has 8 heteroatoms. The van der Waals surface area contributed by atoms with Gasteiger partial charge >= 0.3 is 0 Å². The third-order valence-electron chi connectivity index (χ3n) is 4.20. The first-order chi connectivity index (χ1) is 12.4. The molecule has 1 aliphatic heterocycles. The summed E-state index contributed by atoms with van der Waals surface area (Å²) < 4.78 is 13.8. The van der Waals surface area contributed by atoms with Gasteiger partial charge in [0.05, 0.1) is 16.1 Å². The summed E-state index contributed by atoms with van der Waals surface area (Å²) in [6.07, 6.45) is 0. The van der Waals surface area contributed by atoms with Crippen LogP contribution in [0.3, 0.4) is 0 Å². The molecule has 2 amide bonds. The van der Waals surface area contributed by atoms with Crippen molar-refractivity contribution in [1.82, 2.24) is 9.80 Å². The van der Waals surface area contributed by atoms with E-state index in [2.05, 4.69) is 15.9 Å². The van der Waals surface area contributed by atoms with Crippen molar-refractivity contribution in [3.05, 3.63) is 62.8 Å². The highest BCUT2D eigenvalue weighted by molar-refractivity contribution is 9.10. The molecule has 0 saturated carbocycles. The number of carbonyl (C=O) groups excluding carboxylic acids is 2. The van der Waals surface area contributed by atoms with E-state index in [1.807, 2.05) is 0 Å². The van der Waals surface area contributed by atoms with Crippen molar-refractivity contribution in [1.29, 1.82) is 0 Å². The lowest BCUT2D eigenvalue weighted by molar-refractivity contribution is 0.0533. The van der Waals surface area contributed by atoms with Gasteiger partial charge in [0.15, 0.2) is 0 Å². The van der Waals surface area contributed by atoms with Crippen molar-refractivity contribution in [3.8, 4) is 5.75 Å². The molecule has 136 valence electrons. The van der Waals surface area contributed by atoms with Gasteiger partial charge in [0.2, 0.25) is 0 Å². The summed E-state index contributed by atoms with van der Waals surface area (Å²) in [4.78, 5) is 28.3. The van der Waals surface area contributed by atoms with Gasteiger partial charge in [0, 0.05) is 30.7 Å². The summed E-state index contributed by atoms with van der Waals surface area (Å²) in [6.45, 7) is 1.31. The predicted octanol–water partition coefficient (Wildman–Crippen LogP) is 3.55. The van der Waals surface area contributed by atoms with Crippen LogP contribution in [0.15, 0.2) is 40.9 Å². The number of phenolic OH excluding ortho intramolecular Hbond substituents is 1. The quantitative estimate of drug-likeness (QED) is 0.775. The molecule has 0 bridgehead atoms. The van der Waals surface area contributed by atoms with E-state index in [1.165, 1.54) is 18.2 Å². The van der Waals surface area contributed by atoms with Crippen molar-refractivity contribution in [3.63, 3.8) is 0 Å². The van der Waals surface area contributed by atoms with Crippen LogP contribution < -0.4 is 0 Å². The van der Waals surface area contributed by atoms with Crippen molar-refractivity contribution >= 4 is 39.3 Å². The zero-order chi connectivity index (χ0) is 18.8. The van der Waals surface area contributed by atoms with Crippen LogP contribution in [0.1, 0.15) is 20.7 Å². The van der Waals surface area contributed by atoms with Gasteiger partial charge < -0.3 is 14.9 Å². The third-order valence-corrected chi connectivity index (χ3v) is 5.01. The van der Waals surface area contributed by atoms with E-state index >= 15 is 0 Å². The lowest BCUT2D eigenvalue weighted by Gasteiger charge is -2.35. The number of aromatic hydroxyl groups is 1. The fourth-order valence-corrected chi connectivity index (χ4v) is 3.40. The summed E-state index contributed by atoms with van der Waals surface area (Å²) in [5.41, 5.74) is 0.443. The summed E-state index contributed by atoms with van der Waals surface area (Å²) in [5.74, 6) is -1.19. The van der Waals surface area contributed by atoms with E-state index in [9.17, 15) is 19.1 Å². The Morgan fingerprint density at radius 1 is 0.962 bits per heavy atom. The van der Waals surface area contributed by atoms with E-state index in [-0.39, 0.29) is 33.7 Å². The number of hydrogen-bond donors (Lipinski definition) is 1. The van der Waals surface area contributed by atoms with Crippen LogP contribution in [0.25, 0.3) is 0 Å². The van der Waals surface area contributed by atoms with Crippen LogP contribution in [-0.4, -0.2) is 52.9 Å². The van der Waals surface area contributed by atoms with Crippen molar-refractivity contribution in [2.24, 2.45) is 0 Å². The number of phenols is 1.